The van der Waals surface area contributed by atoms with Crippen LogP contribution in [0, 0.1) is 13.8 Å². The fourth-order valence-electron chi connectivity index (χ4n) is 2.99. The predicted molar refractivity (Wildman–Crippen MR) is 102 cm³/mol. The molecule has 0 saturated carbocycles. The van der Waals surface area contributed by atoms with Crippen LogP contribution in [0.25, 0.3) is 28.2 Å². The predicted octanol–water partition coefficient (Wildman–Crippen LogP) is 4.90. The van der Waals surface area contributed by atoms with E-state index in [1.807, 2.05) is 13.0 Å². The second kappa shape index (κ2) is 6.55. The monoisotopic (exact) mass is 334 g/mol. The molecule has 0 bridgehead atoms. The Morgan fingerprint density at radius 2 is 1.96 bits per heavy atom. The number of aryl methyl sites for hydroxylation is 3. The van der Waals surface area contributed by atoms with E-state index in [9.17, 15) is 4.79 Å². The van der Waals surface area contributed by atoms with Gasteiger partial charge in [-0.2, -0.15) is 0 Å². The van der Waals surface area contributed by atoms with Crippen molar-refractivity contribution in [2.24, 2.45) is 0 Å². The van der Waals surface area contributed by atoms with Gasteiger partial charge in [-0.05, 0) is 66.8 Å². The van der Waals surface area contributed by atoms with E-state index in [1.54, 1.807) is 13.0 Å². The van der Waals surface area contributed by atoms with Crippen molar-refractivity contribution < 1.29 is 9.90 Å². The lowest BCUT2D eigenvalue weighted by Crippen LogP contribution is -1.97. The SMILES string of the molecule is CCc1nc2cc(-c3cc(C)c(/C=C(\C)C(=O)O)cc3C)ccc2[nH]1. The largest absolute Gasteiger partial charge is 0.478 e. The average Bonchev–Trinajstić information content (AvgIpc) is 2.99. The summed E-state index contributed by atoms with van der Waals surface area (Å²) in [6.07, 6.45) is 2.60. The van der Waals surface area contributed by atoms with Crippen LogP contribution in [-0.4, -0.2) is 21.0 Å². The van der Waals surface area contributed by atoms with Gasteiger partial charge >= 0.3 is 5.97 Å². The molecule has 0 unspecified atom stereocenters. The molecule has 1 heterocycles. The van der Waals surface area contributed by atoms with E-state index in [-0.39, 0.29) is 0 Å². The van der Waals surface area contributed by atoms with Crippen molar-refractivity contribution in [1.82, 2.24) is 9.97 Å². The van der Waals surface area contributed by atoms with Gasteiger partial charge in [0.25, 0.3) is 0 Å². The minimum atomic E-state index is -0.892. The number of carboxylic acid groups (broad SMARTS) is 1. The van der Waals surface area contributed by atoms with Crippen molar-refractivity contribution in [3.8, 4) is 11.1 Å². The molecule has 0 aliphatic carbocycles. The molecular formula is C21H22N2O2. The van der Waals surface area contributed by atoms with Crippen LogP contribution in [0.15, 0.2) is 35.9 Å². The molecule has 3 aromatic rings. The Morgan fingerprint density at radius 1 is 1.20 bits per heavy atom. The average molecular weight is 334 g/mol. The minimum absolute atomic E-state index is 0.334. The molecular weight excluding hydrogens is 312 g/mol. The van der Waals surface area contributed by atoms with Gasteiger partial charge in [0, 0.05) is 12.0 Å². The second-order valence-corrected chi connectivity index (χ2v) is 6.43. The lowest BCUT2D eigenvalue weighted by atomic mass is 9.94. The maximum absolute atomic E-state index is 11.1. The van der Waals surface area contributed by atoms with Crippen LogP contribution in [0.2, 0.25) is 0 Å². The highest BCUT2D eigenvalue weighted by Gasteiger charge is 2.09. The highest BCUT2D eigenvalue weighted by atomic mass is 16.4. The number of carboxylic acids is 1. The van der Waals surface area contributed by atoms with E-state index in [2.05, 4.69) is 48.1 Å². The topological polar surface area (TPSA) is 66.0 Å². The standard InChI is InChI=1S/C21H22N2O2/c1-5-20-22-18-7-6-15(11-19(18)23-20)17-10-12(2)16(8-13(17)3)9-14(4)21(24)25/h6-11H,5H2,1-4H3,(H,22,23)(H,24,25)/b14-9+. The molecule has 25 heavy (non-hydrogen) atoms. The Morgan fingerprint density at radius 3 is 2.64 bits per heavy atom. The third kappa shape index (κ3) is 3.33. The van der Waals surface area contributed by atoms with Crippen LogP contribution in [-0.2, 0) is 11.2 Å². The summed E-state index contributed by atoms with van der Waals surface area (Å²) in [7, 11) is 0. The van der Waals surface area contributed by atoms with Crippen molar-refractivity contribution in [2.75, 3.05) is 0 Å². The molecule has 0 atom stereocenters. The van der Waals surface area contributed by atoms with Gasteiger partial charge in [0.1, 0.15) is 5.82 Å². The summed E-state index contributed by atoms with van der Waals surface area (Å²) in [5.74, 6) is 0.0986. The van der Waals surface area contributed by atoms with Crippen molar-refractivity contribution in [1.29, 1.82) is 0 Å². The number of hydrogen-bond donors (Lipinski definition) is 2. The number of aromatic nitrogens is 2. The molecule has 3 rings (SSSR count). The van der Waals surface area contributed by atoms with Crippen molar-refractivity contribution >= 4 is 23.1 Å². The Labute approximate surface area is 147 Å². The zero-order valence-electron chi connectivity index (χ0n) is 15.0. The van der Waals surface area contributed by atoms with Crippen molar-refractivity contribution in [2.45, 2.75) is 34.1 Å². The van der Waals surface area contributed by atoms with Crippen molar-refractivity contribution in [3.63, 3.8) is 0 Å². The van der Waals surface area contributed by atoms with Gasteiger partial charge in [-0.1, -0.05) is 25.1 Å². The summed E-state index contributed by atoms with van der Waals surface area (Å²) in [6.45, 7) is 7.75. The molecule has 0 amide bonds. The molecule has 0 saturated heterocycles. The van der Waals surface area contributed by atoms with Gasteiger partial charge in [0.15, 0.2) is 0 Å². The summed E-state index contributed by atoms with van der Waals surface area (Å²) in [6, 6.07) is 10.4. The number of imidazole rings is 1. The molecule has 0 spiro atoms. The molecule has 0 fully saturated rings. The molecule has 1 aromatic heterocycles. The fourth-order valence-corrected chi connectivity index (χ4v) is 2.99. The summed E-state index contributed by atoms with van der Waals surface area (Å²) in [4.78, 5) is 19.0. The van der Waals surface area contributed by atoms with E-state index in [4.69, 9.17) is 5.11 Å². The number of nitrogens with zero attached hydrogens (tertiary/aromatic N) is 1. The van der Waals surface area contributed by atoms with Gasteiger partial charge in [-0.15, -0.1) is 0 Å². The van der Waals surface area contributed by atoms with E-state index in [0.29, 0.717) is 5.57 Å². The smallest absolute Gasteiger partial charge is 0.331 e. The number of carbonyl (C=O) groups is 1. The zero-order chi connectivity index (χ0) is 18.1. The summed E-state index contributed by atoms with van der Waals surface area (Å²) < 4.78 is 0. The van der Waals surface area contributed by atoms with E-state index >= 15 is 0 Å². The number of nitrogens with one attached hydrogen (secondary N) is 1. The zero-order valence-corrected chi connectivity index (χ0v) is 15.0. The maximum atomic E-state index is 11.1. The van der Waals surface area contributed by atoms with E-state index in [0.717, 1.165) is 51.1 Å². The molecule has 4 heteroatoms. The highest BCUT2D eigenvalue weighted by molar-refractivity contribution is 5.92. The van der Waals surface area contributed by atoms with Crippen LogP contribution in [0.4, 0.5) is 0 Å². The highest BCUT2D eigenvalue weighted by Crippen LogP contribution is 2.29. The Hall–Kier alpha value is -2.88. The molecule has 0 aliphatic heterocycles. The molecule has 128 valence electrons. The normalized spacial score (nSPS) is 11.9. The molecule has 0 aliphatic rings. The fraction of sp³-hybridized carbons (Fsp3) is 0.238. The minimum Gasteiger partial charge on any atom is -0.478 e. The number of aliphatic carboxylic acids is 1. The van der Waals surface area contributed by atoms with Gasteiger partial charge in [0.05, 0.1) is 11.0 Å². The van der Waals surface area contributed by atoms with E-state index in [1.165, 1.54) is 0 Å². The quantitative estimate of drug-likeness (QED) is 0.667. The van der Waals surface area contributed by atoms with Crippen LogP contribution >= 0.6 is 0 Å². The lowest BCUT2D eigenvalue weighted by Gasteiger charge is -2.11. The lowest BCUT2D eigenvalue weighted by molar-refractivity contribution is -0.132. The van der Waals surface area contributed by atoms with Crippen molar-refractivity contribution in [3.05, 3.63) is 58.4 Å². The second-order valence-electron chi connectivity index (χ2n) is 6.43. The first-order valence-corrected chi connectivity index (χ1v) is 8.41. The summed E-state index contributed by atoms with van der Waals surface area (Å²) >= 11 is 0. The van der Waals surface area contributed by atoms with Crippen LogP contribution in [0.5, 0.6) is 0 Å². The summed E-state index contributed by atoms with van der Waals surface area (Å²) in [5.41, 5.74) is 7.72. The van der Waals surface area contributed by atoms with Crippen LogP contribution in [0.3, 0.4) is 0 Å². The number of aromatic amines is 1. The first-order chi connectivity index (χ1) is 11.9. The summed E-state index contributed by atoms with van der Waals surface area (Å²) in [5, 5.41) is 9.08. The Bertz CT molecular complexity index is 997. The number of fused-ring (bicyclic) bond motifs is 1. The third-order valence-electron chi connectivity index (χ3n) is 4.50. The number of H-pyrrole nitrogens is 1. The molecule has 0 radical (unpaired) electrons. The Balaban J connectivity index is 2.07. The molecule has 2 aromatic carbocycles. The maximum Gasteiger partial charge on any atom is 0.331 e. The first kappa shape index (κ1) is 17.0. The van der Waals surface area contributed by atoms with E-state index < -0.39 is 5.97 Å². The van der Waals surface area contributed by atoms with Gasteiger partial charge in [-0.3, -0.25) is 0 Å². The molecule has 2 N–H and O–H groups in total. The number of hydrogen-bond acceptors (Lipinski definition) is 2. The van der Waals surface area contributed by atoms with Gasteiger partial charge in [-0.25, -0.2) is 9.78 Å². The van der Waals surface area contributed by atoms with Gasteiger partial charge < -0.3 is 10.1 Å². The van der Waals surface area contributed by atoms with Crippen LogP contribution < -0.4 is 0 Å². The number of benzene rings is 2. The Kier molecular flexibility index (Phi) is 4.45. The third-order valence-corrected chi connectivity index (χ3v) is 4.50. The molecule has 4 nitrogen and oxygen atoms in total. The van der Waals surface area contributed by atoms with Gasteiger partial charge in [0.2, 0.25) is 0 Å². The number of rotatable bonds is 4. The first-order valence-electron chi connectivity index (χ1n) is 8.41. The van der Waals surface area contributed by atoms with Crippen LogP contribution in [0.1, 0.15) is 36.4 Å².